The highest BCUT2D eigenvalue weighted by Gasteiger charge is 2.61. The van der Waals surface area contributed by atoms with Crippen molar-refractivity contribution in [2.24, 2.45) is 5.92 Å². The molecule has 4 atom stereocenters. The van der Waals surface area contributed by atoms with Crippen molar-refractivity contribution in [1.29, 1.82) is 0 Å². The molecule has 0 unspecified atom stereocenters. The first kappa shape index (κ1) is 25.3. The third-order valence-corrected chi connectivity index (χ3v) is 6.70. The first-order valence-corrected chi connectivity index (χ1v) is 10.9. The van der Waals surface area contributed by atoms with E-state index in [2.05, 4.69) is 6.58 Å². The minimum Gasteiger partial charge on any atom is -0.458 e. The zero-order valence-corrected chi connectivity index (χ0v) is 18.6. The van der Waals surface area contributed by atoms with Gasteiger partial charge in [-0.2, -0.15) is 26.3 Å². The van der Waals surface area contributed by atoms with E-state index in [1.165, 1.54) is 0 Å². The monoisotopic (exact) mass is 504 g/mol. The lowest BCUT2D eigenvalue weighted by molar-refractivity contribution is -0.143. The van der Waals surface area contributed by atoms with Crippen LogP contribution in [0.2, 0.25) is 0 Å². The van der Waals surface area contributed by atoms with Crippen molar-refractivity contribution in [3.63, 3.8) is 0 Å². The van der Waals surface area contributed by atoms with E-state index in [9.17, 15) is 35.9 Å². The summed E-state index contributed by atoms with van der Waals surface area (Å²) in [7, 11) is 0. The molecule has 35 heavy (non-hydrogen) atoms. The molecule has 0 spiro atoms. The summed E-state index contributed by atoms with van der Waals surface area (Å²) < 4.78 is 95.1. The molecule has 3 aliphatic rings. The number of allylic oxidation sites excluding steroid dienone is 1. The van der Waals surface area contributed by atoms with Crippen LogP contribution in [0.4, 0.5) is 26.3 Å². The van der Waals surface area contributed by atoms with Crippen LogP contribution in [0.1, 0.15) is 54.1 Å². The summed E-state index contributed by atoms with van der Waals surface area (Å²) in [5, 5.41) is 0. The van der Waals surface area contributed by atoms with Gasteiger partial charge in [-0.25, -0.2) is 9.59 Å². The Bertz CT molecular complexity index is 1090. The molecule has 4 rings (SSSR count). The highest BCUT2D eigenvalue weighted by Crippen LogP contribution is 2.49. The number of alkyl halides is 6. The van der Waals surface area contributed by atoms with Crippen molar-refractivity contribution >= 4 is 11.9 Å². The number of epoxide rings is 1. The molecule has 190 valence electrons. The predicted molar refractivity (Wildman–Crippen MR) is 109 cm³/mol. The highest BCUT2D eigenvalue weighted by atomic mass is 19.4. The molecule has 0 amide bonds. The first-order chi connectivity index (χ1) is 16.2. The van der Waals surface area contributed by atoms with E-state index >= 15 is 0 Å². The third kappa shape index (κ3) is 5.10. The van der Waals surface area contributed by atoms with Gasteiger partial charge in [-0.05, 0) is 56.4 Å². The van der Waals surface area contributed by atoms with Gasteiger partial charge < -0.3 is 14.2 Å². The molecule has 0 aromatic heterocycles. The van der Waals surface area contributed by atoms with E-state index in [1.54, 1.807) is 6.08 Å². The van der Waals surface area contributed by atoms with Crippen LogP contribution in [0.15, 0.2) is 42.0 Å². The van der Waals surface area contributed by atoms with Crippen LogP contribution in [0.25, 0.3) is 0 Å². The second-order valence-corrected chi connectivity index (χ2v) is 9.12. The molecule has 5 nitrogen and oxygen atoms in total. The first-order valence-electron chi connectivity index (χ1n) is 10.9. The largest absolute Gasteiger partial charge is 0.458 e. The highest BCUT2D eigenvalue weighted by molar-refractivity contribution is 5.92. The van der Waals surface area contributed by atoms with E-state index in [4.69, 9.17) is 14.2 Å². The Kier molecular flexibility index (Phi) is 6.27. The van der Waals surface area contributed by atoms with E-state index in [1.807, 2.05) is 6.92 Å². The van der Waals surface area contributed by atoms with Gasteiger partial charge in [0.1, 0.15) is 18.8 Å². The smallest absolute Gasteiger partial charge is 0.417 e. The Morgan fingerprint density at radius 1 is 1.20 bits per heavy atom. The third-order valence-electron chi connectivity index (χ3n) is 6.70. The van der Waals surface area contributed by atoms with Gasteiger partial charge in [-0.15, -0.1) is 0 Å². The van der Waals surface area contributed by atoms with E-state index < -0.39 is 52.7 Å². The standard InChI is InChI=1S/C24H22F6O5/c1-12-15-7-5-13(4-3-9-22(2)19(35-22)18(15)34-20(12)31)11-33-21(32)16-8-6-14(23(25,26)27)10-17(16)24(28,29)30/h4,6,8,10,15,18-19H,1,3,5,7,9,11H2,2H3/t15-,18-,19+,22+/m0/s1. The van der Waals surface area contributed by atoms with Crippen molar-refractivity contribution in [1.82, 2.24) is 0 Å². The minimum atomic E-state index is -5.19. The average Bonchev–Trinajstić information content (AvgIpc) is 3.35. The van der Waals surface area contributed by atoms with Gasteiger partial charge in [0.2, 0.25) is 0 Å². The van der Waals surface area contributed by atoms with Gasteiger partial charge in [0.25, 0.3) is 0 Å². The Hall–Kier alpha value is -2.82. The van der Waals surface area contributed by atoms with Crippen molar-refractivity contribution in [3.05, 3.63) is 58.7 Å². The van der Waals surface area contributed by atoms with E-state index in [0.717, 1.165) is 0 Å². The fourth-order valence-corrected chi connectivity index (χ4v) is 4.62. The van der Waals surface area contributed by atoms with Crippen molar-refractivity contribution < 1.29 is 50.1 Å². The molecule has 0 N–H and O–H groups in total. The van der Waals surface area contributed by atoms with Crippen LogP contribution < -0.4 is 0 Å². The summed E-state index contributed by atoms with van der Waals surface area (Å²) in [6, 6.07) is 0.774. The van der Waals surface area contributed by atoms with Crippen LogP contribution in [-0.2, 0) is 31.4 Å². The maximum atomic E-state index is 13.4. The number of benzene rings is 1. The van der Waals surface area contributed by atoms with E-state index in [-0.39, 0.29) is 24.7 Å². The van der Waals surface area contributed by atoms with Crippen LogP contribution in [-0.4, -0.2) is 36.4 Å². The molecular formula is C24H22F6O5. The number of fused-ring (bicyclic) bond motifs is 3. The summed E-state index contributed by atoms with van der Waals surface area (Å²) in [6.45, 7) is 5.34. The second kappa shape index (κ2) is 8.69. The SMILES string of the molecule is C=C1C(=O)O[C@@H]2[C@H]3O[C@]3(C)CCC=C(COC(=O)c3ccc(C(F)(F)F)cc3C(F)(F)F)CC[C@@H]12. The van der Waals surface area contributed by atoms with Gasteiger partial charge in [-0.1, -0.05) is 12.7 Å². The normalized spacial score (nSPS) is 29.0. The molecule has 2 heterocycles. The van der Waals surface area contributed by atoms with Crippen LogP contribution in [0, 0.1) is 5.92 Å². The summed E-state index contributed by atoms with van der Waals surface area (Å²) in [6.07, 6.45) is -7.24. The Balaban J connectivity index is 1.50. The van der Waals surface area contributed by atoms with Crippen molar-refractivity contribution in [2.75, 3.05) is 6.61 Å². The maximum absolute atomic E-state index is 13.4. The van der Waals surface area contributed by atoms with Crippen molar-refractivity contribution in [3.8, 4) is 0 Å². The average molecular weight is 504 g/mol. The molecule has 2 saturated heterocycles. The summed E-state index contributed by atoms with van der Waals surface area (Å²) >= 11 is 0. The van der Waals surface area contributed by atoms with Gasteiger partial charge >= 0.3 is 24.3 Å². The topological polar surface area (TPSA) is 65.1 Å². The molecule has 1 aromatic carbocycles. The molecule has 1 aromatic rings. The lowest BCUT2D eigenvalue weighted by atomic mass is 9.84. The Morgan fingerprint density at radius 3 is 2.57 bits per heavy atom. The zero-order chi connectivity index (χ0) is 25.8. The summed E-state index contributed by atoms with van der Waals surface area (Å²) in [5.41, 5.74) is -3.82. The summed E-state index contributed by atoms with van der Waals surface area (Å²) in [5.74, 6) is -2.21. The minimum absolute atomic E-state index is 0.102. The van der Waals surface area contributed by atoms with Gasteiger partial charge in [0.15, 0.2) is 0 Å². The second-order valence-electron chi connectivity index (χ2n) is 9.12. The van der Waals surface area contributed by atoms with Crippen LogP contribution in [0.3, 0.4) is 0 Å². The van der Waals surface area contributed by atoms with Crippen molar-refractivity contribution in [2.45, 2.75) is 62.8 Å². The number of esters is 2. The fourth-order valence-electron chi connectivity index (χ4n) is 4.62. The van der Waals surface area contributed by atoms with Gasteiger partial charge in [0, 0.05) is 11.5 Å². The zero-order valence-electron chi connectivity index (χ0n) is 18.6. The fraction of sp³-hybridized carbons (Fsp3) is 0.500. The molecule has 0 saturated carbocycles. The number of ether oxygens (including phenoxy) is 3. The molecule has 11 heteroatoms. The lowest BCUT2D eigenvalue weighted by Gasteiger charge is -2.20. The molecule has 2 fully saturated rings. The predicted octanol–water partition coefficient (Wildman–Crippen LogP) is 5.64. The van der Waals surface area contributed by atoms with E-state index in [0.29, 0.717) is 49.0 Å². The number of carbonyl (C=O) groups excluding carboxylic acids is 2. The molecule has 1 aliphatic carbocycles. The number of hydrogen-bond acceptors (Lipinski definition) is 5. The van der Waals surface area contributed by atoms with Crippen LogP contribution in [0.5, 0.6) is 0 Å². The Morgan fingerprint density at radius 2 is 1.91 bits per heavy atom. The van der Waals surface area contributed by atoms with Crippen LogP contribution >= 0.6 is 0 Å². The molecule has 2 aliphatic heterocycles. The number of carbonyl (C=O) groups is 2. The quantitative estimate of drug-likeness (QED) is 0.175. The summed E-state index contributed by atoms with van der Waals surface area (Å²) in [4.78, 5) is 24.5. The molecule has 0 radical (unpaired) electrons. The van der Waals surface area contributed by atoms with Gasteiger partial charge in [0.05, 0.1) is 22.3 Å². The van der Waals surface area contributed by atoms with Gasteiger partial charge in [-0.3, -0.25) is 0 Å². The Labute approximate surface area is 196 Å². The number of halogens is 6. The lowest BCUT2D eigenvalue weighted by Crippen LogP contribution is -2.29. The number of hydrogen-bond donors (Lipinski definition) is 0. The molecular weight excluding hydrogens is 482 g/mol. The maximum Gasteiger partial charge on any atom is 0.417 e. The molecule has 0 bridgehead atoms. The number of rotatable bonds is 3.